The monoisotopic (exact) mass is 359 g/mol. The molecule has 1 aliphatic heterocycles. The molecule has 0 aromatic heterocycles. The fourth-order valence-electron chi connectivity index (χ4n) is 3.43. The van der Waals surface area contributed by atoms with Crippen molar-refractivity contribution in [2.24, 2.45) is 4.99 Å². The summed E-state index contributed by atoms with van der Waals surface area (Å²) in [6.45, 7) is 8.92. The lowest BCUT2D eigenvalue weighted by atomic mass is 10.2. The van der Waals surface area contributed by atoms with Crippen LogP contribution in [-0.4, -0.2) is 67.5 Å². The van der Waals surface area contributed by atoms with Crippen LogP contribution in [-0.2, 0) is 11.3 Å². The Morgan fingerprint density at radius 3 is 2.69 bits per heavy atom. The smallest absolute Gasteiger partial charge is 0.242 e. The van der Waals surface area contributed by atoms with Crippen molar-refractivity contribution in [3.63, 3.8) is 0 Å². The van der Waals surface area contributed by atoms with E-state index in [2.05, 4.69) is 27.4 Å². The molecule has 144 valence electrons. The van der Waals surface area contributed by atoms with Gasteiger partial charge >= 0.3 is 0 Å². The van der Waals surface area contributed by atoms with Crippen LogP contribution in [0.25, 0.3) is 0 Å². The van der Waals surface area contributed by atoms with Gasteiger partial charge in [-0.3, -0.25) is 14.7 Å². The van der Waals surface area contributed by atoms with Crippen molar-refractivity contribution in [2.45, 2.75) is 39.3 Å². The van der Waals surface area contributed by atoms with Gasteiger partial charge in [-0.05, 0) is 38.4 Å². The average molecular weight is 360 g/mol. The molecule has 1 aromatic carbocycles. The fourth-order valence-corrected chi connectivity index (χ4v) is 3.43. The van der Waals surface area contributed by atoms with Gasteiger partial charge in [0.15, 0.2) is 5.96 Å². The molecule has 0 bridgehead atoms. The molecule has 1 aromatic rings. The SMILES string of the molecule is CCN(Cc1ccccc1)C(=O)CNC(=NC)NCC1CCCN1CC. The van der Waals surface area contributed by atoms with E-state index in [0.29, 0.717) is 25.1 Å². The quantitative estimate of drug-likeness (QED) is 0.548. The predicted octanol–water partition coefficient (Wildman–Crippen LogP) is 1.68. The van der Waals surface area contributed by atoms with Gasteiger partial charge in [0.2, 0.25) is 5.91 Å². The van der Waals surface area contributed by atoms with Crippen LogP contribution in [0.1, 0.15) is 32.3 Å². The summed E-state index contributed by atoms with van der Waals surface area (Å²) in [6.07, 6.45) is 2.48. The van der Waals surface area contributed by atoms with Crippen LogP contribution in [0.4, 0.5) is 0 Å². The van der Waals surface area contributed by atoms with Crippen molar-refractivity contribution in [3.8, 4) is 0 Å². The largest absolute Gasteiger partial charge is 0.355 e. The van der Waals surface area contributed by atoms with Crippen LogP contribution >= 0.6 is 0 Å². The van der Waals surface area contributed by atoms with Crippen LogP contribution in [0.3, 0.4) is 0 Å². The molecule has 0 aliphatic carbocycles. The number of carbonyl (C=O) groups excluding carboxylic acids is 1. The molecule has 1 fully saturated rings. The first-order valence-corrected chi connectivity index (χ1v) is 9.68. The molecule has 6 nitrogen and oxygen atoms in total. The third kappa shape index (κ3) is 6.02. The first-order valence-electron chi connectivity index (χ1n) is 9.68. The summed E-state index contributed by atoms with van der Waals surface area (Å²) in [5, 5.41) is 6.52. The van der Waals surface area contributed by atoms with E-state index in [1.54, 1.807) is 7.05 Å². The summed E-state index contributed by atoms with van der Waals surface area (Å²) in [7, 11) is 1.74. The molecular formula is C20H33N5O. The van der Waals surface area contributed by atoms with Gasteiger partial charge in [0.1, 0.15) is 0 Å². The third-order valence-corrected chi connectivity index (χ3v) is 4.99. The summed E-state index contributed by atoms with van der Waals surface area (Å²) >= 11 is 0. The molecular weight excluding hydrogens is 326 g/mol. The van der Waals surface area contributed by atoms with Crippen LogP contribution in [0.15, 0.2) is 35.3 Å². The van der Waals surface area contributed by atoms with Gasteiger partial charge in [0.05, 0.1) is 6.54 Å². The minimum Gasteiger partial charge on any atom is -0.355 e. The molecule has 2 N–H and O–H groups in total. The Morgan fingerprint density at radius 1 is 1.27 bits per heavy atom. The van der Waals surface area contributed by atoms with E-state index in [1.807, 2.05) is 42.2 Å². The number of carbonyl (C=O) groups is 1. The number of guanidine groups is 1. The maximum Gasteiger partial charge on any atom is 0.242 e. The van der Waals surface area contributed by atoms with Gasteiger partial charge < -0.3 is 15.5 Å². The van der Waals surface area contributed by atoms with Crippen LogP contribution in [0.2, 0.25) is 0 Å². The molecule has 2 rings (SSSR count). The standard InChI is InChI=1S/C20H33N5O/c1-4-24-13-9-12-18(24)14-22-20(21-3)23-15-19(26)25(5-2)16-17-10-7-6-8-11-17/h6-8,10-11,18H,4-5,9,12-16H2,1-3H3,(H2,21,22,23). The number of nitrogens with one attached hydrogen (secondary N) is 2. The van der Waals surface area contributed by atoms with Crippen molar-refractivity contribution in [1.29, 1.82) is 0 Å². The summed E-state index contributed by atoms with van der Waals surface area (Å²) in [5.74, 6) is 0.771. The Balaban J connectivity index is 1.78. The molecule has 26 heavy (non-hydrogen) atoms. The third-order valence-electron chi connectivity index (χ3n) is 4.99. The second-order valence-corrected chi connectivity index (χ2v) is 6.62. The van der Waals surface area contributed by atoms with E-state index in [9.17, 15) is 4.79 Å². The second kappa shape index (κ2) is 10.8. The molecule has 1 heterocycles. The number of likely N-dealkylation sites (tertiary alicyclic amines) is 1. The number of rotatable bonds is 8. The zero-order valence-electron chi connectivity index (χ0n) is 16.4. The summed E-state index contributed by atoms with van der Waals surface area (Å²) < 4.78 is 0. The highest BCUT2D eigenvalue weighted by atomic mass is 16.2. The van der Waals surface area contributed by atoms with Crippen LogP contribution in [0.5, 0.6) is 0 Å². The van der Waals surface area contributed by atoms with E-state index in [4.69, 9.17) is 0 Å². The zero-order valence-corrected chi connectivity index (χ0v) is 16.4. The van der Waals surface area contributed by atoms with E-state index in [-0.39, 0.29) is 12.5 Å². The van der Waals surface area contributed by atoms with Gasteiger partial charge in [-0.25, -0.2) is 0 Å². The lowest BCUT2D eigenvalue weighted by Crippen LogP contribution is -2.47. The second-order valence-electron chi connectivity index (χ2n) is 6.62. The molecule has 6 heteroatoms. The Bertz CT molecular complexity index is 575. The minimum absolute atomic E-state index is 0.0790. The van der Waals surface area contributed by atoms with Gasteiger partial charge in [-0.1, -0.05) is 37.3 Å². The number of benzene rings is 1. The van der Waals surface area contributed by atoms with Gasteiger partial charge in [0, 0.05) is 32.7 Å². The van der Waals surface area contributed by atoms with E-state index >= 15 is 0 Å². The van der Waals surface area contributed by atoms with Crippen molar-refractivity contribution < 1.29 is 4.79 Å². The number of amides is 1. The Labute approximate surface area is 157 Å². The molecule has 1 amide bonds. The Hall–Kier alpha value is -2.08. The first kappa shape index (κ1) is 20.2. The average Bonchev–Trinajstić information content (AvgIpc) is 3.14. The zero-order chi connectivity index (χ0) is 18.8. The molecule has 0 radical (unpaired) electrons. The highest BCUT2D eigenvalue weighted by molar-refractivity contribution is 5.86. The van der Waals surface area contributed by atoms with Crippen molar-refractivity contribution in [3.05, 3.63) is 35.9 Å². The molecule has 1 atom stereocenters. The maximum absolute atomic E-state index is 12.5. The summed E-state index contributed by atoms with van der Waals surface area (Å²) in [6, 6.07) is 10.6. The van der Waals surface area contributed by atoms with Gasteiger partial charge in [-0.2, -0.15) is 0 Å². The summed E-state index contributed by atoms with van der Waals surface area (Å²) in [5.41, 5.74) is 1.14. The highest BCUT2D eigenvalue weighted by Crippen LogP contribution is 2.15. The number of hydrogen-bond acceptors (Lipinski definition) is 3. The topological polar surface area (TPSA) is 60.0 Å². The normalized spacial score (nSPS) is 18.0. The van der Waals surface area contributed by atoms with Crippen LogP contribution in [0, 0.1) is 0 Å². The fraction of sp³-hybridized carbons (Fsp3) is 0.600. The highest BCUT2D eigenvalue weighted by Gasteiger charge is 2.22. The van der Waals surface area contributed by atoms with Crippen molar-refractivity contribution >= 4 is 11.9 Å². The number of likely N-dealkylation sites (N-methyl/N-ethyl adjacent to an activating group) is 2. The number of nitrogens with zero attached hydrogens (tertiary/aromatic N) is 3. The van der Waals surface area contributed by atoms with Crippen LogP contribution < -0.4 is 10.6 Å². The van der Waals surface area contributed by atoms with Crippen molar-refractivity contribution in [1.82, 2.24) is 20.4 Å². The lowest BCUT2D eigenvalue weighted by molar-refractivity contribution is -0.130. The molecule has 0 saturated carbocycles. The van der Waals surface area contributed by atoms with Gasteiger partial charge in [-0.15, -0.1) is 0 Å². The van der Waals surface area contributed by atoms with E-state index in [1.165, 1.54) is 19.4 Å². The minimum atomic E-state index is 0.0790. The number of aliphatic imine (C=N–C) groups is 1. The lowest BCUT2D eigenvalue weighted by Gasteiger charge is -2.24. The maximum atomic E-state index is 12.5. The molecule has 1 saturated heterocycles. The number of hydrogen-bond donors (Lipinski definition) is 2. The molecule has 1 unspecified atom stereocenters. The molecule has 1 aliphatic rings. The summed E-state index contributed by atoms with van der Waals surface area (Å²) in [4.78, 5) is 21.1. The van der Waals surface area contributed by atoms with E-state index in [0.717, 1.165) is 18.7 Å². The van der Waals surface area contributed by atoms with Crippen molar-refractivity contribution in [2.75, 3.05) is 39.8 Å². The van der Waals surface area contributed by atoms with E-state index < -0.39 is 0 Å². The Morgan fingerprint density at radius 2 is 2.04 bits per heavy atom. The first-order chi connectivity index (χ1) is 12.7. The van der Waals surface area contributed by atoms with Gasteiger partial charge in [0.25, 0.3) is 0 Å². The predicted molar refractivity (Wildman–Crippen MR) is 107 cm³/mol. The Kier molecular flexibility index (Phi) is 8.41. The molecule has 0 spiro atoms.